The van der Waals surface area contributed by atoms with E-state index in [0.717, 1.165) is 9.13 Å². The largest absolute Gasteiger partial charge is 0.357 e. The molecule has 0 radical (unpaired) electrons. The predicted molar refractivity (Wildman–Crippen MR) is 106 cm³/mol. The van der Waals surface area contributed by atoms with Crippen molar-refractivity contribution in [2.24, 2.45) is 11.8 Å². The summed E-state index contributed by atoms with van der Waals surface area (Å²) < 4.78 is 1.08. The highest BCUT2D eigenvalue weighted by atomic mass is 123. The van der Waals surface area contributed by atoms with E-state index >= 15 is 0 Å². The normalized spacial score (nSPS) is 13.0. The summed E-state index contributed by atoms with van der Waals surface area (Å²) in [4.78, 5) is 36.3. The molecule has 7 nitrogen and oxygen atoms in total. The number of hydrogen-bond donors (Lipinski definition) is 4. The number of carbonyl (C=O) groups excluding carboxylic acids is 3. The molecule has 0 bridgehead atoms. The Balaban J connectivity index is 2.79. The molecule has 1 aromatic carbocycles. The van der Waals surface area contributed by atoms with Gasteiger partial charge < -0.3 is 10.6 Å². The number of benzene rings is 1. The Labute approximate surface area is 167 Å². The number of hydrogen-bond acceptors (Lipinski definition) is 4. The SMILES string of the molecule is CNC(=O)[C@H](Cc1ccc([123I])cc1)NC(=O)C[C@@H](CC(C)C)C(=O)NO. The number of rotatable bonds is 9. The summed E-state index contributed by atoms with van der Waals surface area (Å²) in [7, 11) is 1.51. The van der Waals surface area contributed by atoms with E-state index < -0.39 is 23.8 Å². The minimum absolute atomic E-state index is 0.0925. The van der Waals surface area contributed by atoms with Crippen LogP contribution in [0.2, 0.25) is 0 Å². The molecule has 144 valence electrons. The van der Waals surface area contributed by atoms with E-state index in [2.05, 4.69) is 33.2 Å². The first-order valence-corrected chi connectivity index (χ1v) is 9.54. The van der Waals surface area contributed by atoms with Crippen LogP contribution >= 0.6 is 22.6 Å². The fourth-order valence-electron chi connectivity index (χ4n) is 2.66. The maximum absolute atomic E-state index is 12.4. The fraction of sp³-hybridized carbons (Fsp3) is 0.500. The lowest BCUT2D eigenvalue weighted by Gasteiger charge is -2.20. The van der Waals surface area contributed by atoms with Gasteiger partial charge in [-0.05, 0) is 52.6 Å². The summed E-state index contributed by atoms with van der Waals surface area (Å²) >= 11 is 2.20. The van der Waals surface area contributed by atoms with Gasteiger partial charge in [-0.2, -0.15) is 0 Å². The van der Waals surface area contributed by atoms with Crippen LogP contribution in [0.4, 0.5) is 0 Å². The van der Waals surface area contributed by atoms with Crippen molar-refractivity contribution in [2.45, 2.75) is 39.2 Å². The second-order valence-electron chi connectivity index (χ2n) is 6.57. The lowest BCUT2D eigenvalue weighted by atomic mass is 9.93. The first-order chi connectivity index (χ1) is 12.3. The molecule has 2 atom stereocenters. The van der Waals surface area contributed by atoms with Crippen molar-refractivity contribution >= 4 is 40.3 Å². The van der Waals surface area contributed by atoms with E-state index in [9.17, 15) is 14.4 Å². The van der Waals surface area contributed by atoms with Crippen LogP contribution in [0, 0.1) is 15.4 Å². The first kappa shape index (κ1) is 22.4. The molecular weight excluding hydrogens is 445 g/mol. The molecule has 0 fully saturated rings. The van der Waals surface area contributed by atoms with Crippen LogP contribution < -0.4 is 16.1 Å². The lowest BCUT2D eigenvalue weighted by molar-refractivity contribution is -0.137. The summed E-state index contributed by atoms with van der Waals surface area (Å²) in [6.07, 6.45) is 0.718. The van der Waals surface area contributed by atoms with Crippen LogP contribution in [0.1, 0.15) is 32.3 Å². The summed E-state index contributed by atoms with van der Waals surface area (Å²) in [5.41, 5.74) is 2.53. The highest BCUT2D eigenvalue weighted by molar-refractivity contribution is 14.1. The van der Waals surface area contributed by atoms with Gasteiger partial charge in [0, 0.05) is 29.4 Å². The van der Waals surface area contributed by atoms with Crippen molar-refractivity contribution in [3.63, 3.8) is 0 Å². The molecule has 0 aliphatic rings. The maximum Gasteiger partial charge on any atom is 0.246 e. The van der Waals surface area contributed by atoms with Crippen molar-refractivity contribution in [1.82, 2.24) is 16.1 Å². The molecule has 1 aromatic rings. The van der Waals surface area contributed by atoms with Crippen LogP contribution in [-0.2, 0) is 20.8 Å². The van der Waals surface area contributed by atoms with E-state index in [4.69, 9.17) is 5.21 Å². The summed E-state index contributed by atoms with van der Waals surface area (Å²) in [5, 5.41) is 14.1. The Morgan fingerprint density at radius 1 is 1.12 bits per heavy atom. The van der Waals surface area contributed by atoms with Gasteiger partial charge in [0.05, 0.1) is 0 Å². The molecule has 1 rings (SSSR count). The van der Waals surface area contributed by atoms with Crippen molar-refractivity contribution < 1.29 is 19.6 Å². The Morgan fingerprint density at radius 2 is 1.73 bits per heavy atom. The van der Waals surface area contributed by atoms with E-state index in [1.165, 1.54) is 7.05 Å². The third-order valence-corrected chi connectivity index (χ3v) is 4.64. The molecule has 0 saturated carbocycles. The molecule has 8 heteroatoms. The van der Waals surface area contributed by atoms with E-state index in [0.29, 0.717) is 12.8 Å². The van der Waals surface area contributed by atoms with Crippen LogP contribution in [0.25, 0.3) is 0 Å². The van der Waals surface area contributed by atoms with Gasteiger partial charge >= 0.3 is 0 Å². The number of hydroxylamine groups is 1. The monoisotopic (exact) mass is 471 g/mol. The molecule has 0 aromatic heterocycles. The van der Waals surface area contributed by atoms with Gasteiger partial charge in [-0.25, -0.2) is 5.48 Å². The predicted octanol–water partition coefficient (Wildman–Crippen LogP) is 1.62. The smallest absolute Gasteiger partial charge is 0.246 e. The molecule has 0 spiro atoms. The Bertz CT molecular complexity index is 619. The minimum atomic E-state index is -0.732. The highest BCUT2D eigenvalue weighted by Gasteiger charge is 2.26. The number of amides is 3. The fourth-order valence-corrected chi connectivity index (χ4v) is 3.02. The van der Waals surface area contributed by atoms with Crippen LogP contribution in [0.15, 0.2) is 24.3 Å². The van der Waals surface area contributed by atoms with Gasteiger partial charge in [-0.15, -0.1) is 0 Å². The lowest BCUT2D eigenvalue weighted by Crippen LogP contribution is -2.48. The minimum Gasteiger partial charge on any atom is -0.357 e. The van der Waals surface area contributed by atoms with Gasteiger partial charge in [-0.1, -0.05) is 26.0 Å². The van der Waals surface area contributed by atoms with E-state index in [1.54, 1.807) is 5.48 Å². The summed E-state index contributed by atoms with van der Waals surface area (Å²) in [6.45, 7) is 3.86. The topological polar surface area (TPSA) is 108 Å². The number of nitrogens with one attached hydrogen (secondary N) is 3. The standard InChI is InChI=1S/C18H26IN3O4/c1-11(2)8-13(17(24)22-26)10-16(23)21-15(18(25)20-3)9-12-4-6-14(19)7-5-12/h4-7,11,13,15,26H,8-10H2,1-3H3,(H,20,25)(H,21,23)(H,22,24)/t13-,15+/m1/s1/i19-4. The van der Waals surface area contributed by atoms with Gasteiger partial charge in [0.15, 0.2) is 0 Å². The van der Waals surface area contributed by atoms with Gasteiger partial charge in [0.1, 0.15) is 6.04 Å². The molecule has 0 aliphatic carbocycles. The second kappa shape index (κ2) is 11.1. The Hall–Kier alpha value is -1.68. The van der Waals surface area contributed by atoms with Gasteiger partial charge in [0.25, 0.3) is 0 Å². The Morgan fingerprint density at radius 3 is 2.23 bits per heavy atom. The zero-order valence-electron chi connectivity index (χ0n) is 15.2. The molecule has 0 aliphatic heterocycles. The van der Waals surface area contributed by atoms with Crippen LogP contribution in [0.5, 0.6) is 0 Å². The van der Waals surface area contributed by atoms with Gasteiger partial charge in [0.2, 0.25) is 17.7 Å². The zero-order chi connectivity index (χ0) is 19.7. The molecular formula is C18H26IN3O4. The van der Waals surface area contributed by atoms with Crippen LogP contribution in [-0.4, -0.2) is 36.0 Å². The molecule has 0 heterocycles. The molecule has 0 saturated heterocycles. The van der Waals surface area contributed by atoms with E-state index in [-0.39, 0.29) is 18.2 Å². The summed E-state index contributed by atoms with van der Waals surface area (Å²) in [6, 6.07) is 6.95. The maximum atomic E-state index is 12.4. The van der Waals surface area contributed by atoms with E-state index in [1.807, 2.05) is 38.1 Å². The quantitative estimate of drug-likeness (QED) is 0.250. The van der Waals surface area contributed by atoms with Crippen molar-refractivity contribution in [2.75, 3.05) is 7.05 Å². The zero-order valence-corrected chi connectivity index (χ0v) is 17.4. The first-order valence-electron chi connectivity index (χ1n) is 8.46. The Kier molecular flexibility index (Phi) is 9.57. The molecule has 4 N–H and O–H groups in total. The molecule has 0 unspecified atom stereocenters. The molecule has 26 heavy (non-hydrogen) atoms. The number of likely N-dealkylation sites (N-methyl/N-ethyl adjacent to an activating group) is 1. The number of carbonyl (C=O) groups is 3. The van der Waals surface area contributed by atoms with Crippen molar-refractivity contribution in [3.8, 4) is 0 Å². The molecule has 3 amide bonds. The summed E-state index contributed by atoms with van der Waals surface area (Å²) in [5.74, 6) is -1.76. The third-order valence-electron chi connectivity index (χ3n) is 3.92. The van der Waals surface area contributed by atoms with Gasteiger partial charge in [-0.3, -0.25) is 19.6 Å². The third kappa shape index (κ3) is 7.69. The average molecular weight is 471 g/mol. The average Bonchev–Trinajstić information content (AvgIpc) is 2.60. The van der Waals surface area contributed by atoms with Crippen molar-refractivity contribution in [1.29, 1.82) is 0 Å². The highest BCUT2D eigenvalue weighted by Crippen LogP contribution is 2.16. The van der Waals surface area contributed by atoms with Crippen LogP contribution in [0.3, 0.4) is 0 Å². The number of halogens is 1. The van der Waals surface area contributed by atoms with Crippen molar-refractivity contribution in [3.05, 3.63) is 33.4 Å². The second-order valence-corrected chi connectivity index (χ2v) is 7.82.